The Kier molecular flexibility index (Phi) is 7.52. The monoisotopic (exact) mass is 443 g/mol. The van der Waals surface area contributed by atoms with Crippen molar-refractivity contribution < 1.29 is 0 Å². The summed E-state index contributed by atoms with van der Waals surface area (Å²) in [5.41, 5.74) is 1.39. The maximum absolute atomic E-state index is 4.37. The van der Waals surface area contributed by atoms with Crippen molar-refractivity contribution in [3.8, 4) is 0 Å². The molecule has 0 saturated carbocycles. The van der Waals surface area contributed by atoms with Crippen molar-refractivity contribution in [1.82, 2.24) is 4.44 Å². The van der Waals surface area contributed by atoms with E-state index in [0.717, 1.165) is 13.0 Å². The third kappa shape index (κ3) is 4.61. The molecule has 1 unspecified atom stereocenters. The quantitative estimate of drug-likeness (QED) is 0.244. The molecule has 0 bridgehead atoms. The Morgan fingerprint density at radius 3 is 1.97 bits per heavy atom. The minimum Gasteiger partial charge on any atom is -0.248 e. The standard InChI is InChI=1S/C28H31NP2/c1-3-5-23-29(30-24-15-22-28(30,4-2)25-16-9-6-10-17-25)31(26-18-11-7-12-19-26)27-20-13-8-14-21-27/h4,6-21,24H,2-3,5,22-23H2,1H3/t28-,30?/m1/s1. The molecule has 3 heteroatoms. The fourth-order valence-corrected chi connectivity index (χ4v) is 10.8. The van der Waals surface area contributed by atoms with Gasteiger partial charge >= 0.3 is 0 Å². The SMILES string of the molecule is C=C[C@]1(c2ccccc2)CC=CP1N(CCCC)P(c1ccccc1)c1ccccc1. The molecule has 0 saturated heterocycles. The van der Waals surface area contributed by atoms with E-state index in [1.807, 2.05) is 0 Å². The van der Waals surface area contributed by atoms with E-state index >= 15 is 0 Å². The fraction of sp³-hybridized carbons (Fsp3) is 0.214. The minimum atomic E-state index is -0.628. The number of rotatable bonds is 9. The average Bonchev–Trinajstić information content (AvgIpc) is 3.28. The van der Waals surface area contributed by atoms with Gasteiger partial charge in [-0.3, -0.25) is 0 Å². The van der Waals surface area contributed by atoms with Gasteiger partial charge in [-0.1, -0.05) is 116 Å². The van der Waals surface area contributed by atoms with Gasteiger partial charge in [-0.05, 0) is 34.8 Å². The molecule has 0 aromatic heterocycles. The van der Waals surface area contributed by atoms with Crippen LogP contribution in [0.3, 0.4) is 0 Å². The molecular weight excluding hydrogens is 412 g/mol. The van der Waals surface area contributed by atoms with E-state index in [4.69, 9.17) is 0 Å². The van der Waals surface area contributed by atoms with Crippen LogP contribution in [0.25, 0.3) is 0 Å². The number of hydrogen-bond donors (Lipinski definition) is 0. The summed E-state index contributed by atoms with van der Waals surface area (Å²) in [7, 11) is -1.20. The van der Waals surface area contributed by atoms with Gasteiger partial charge in [-0.25, -0.2) is 4.44 Å². The smallest absolute Gasteiger partial charge is 0.0535 e. The first-order valence-electron chi connectivity index (χ1n) is 11.1. The molecule has 158 valence electrons. The molecule has 0 fully saturated rings. The lowest BCUT2D eigenvalue weighted by atomic mass is 9.95. The molecule has 1 aliphatic heterocycles. The largest absolute Gasteiger partial charge is 0.248 e. The number of nitrogens with zero attached hydrogens (tertiary/aromatic N) is 1. The van der Waals surface area contributed by atoms with Gasteiger partial charge in [0.15, 0.2) is 0 Å². The first-order valence-corrected chi connectivity index (χ1v) is 13.8. The van der Waals surface area contributed by atoms with Crippen molar-refractivity contribution in [3.63, 3.8) is 0 Å². The third-order valence-corrected chi connectivity index (χ3v) is 11.9. The summed E-state index contributed by atoms with van der Waals surface area (Å²) in [6, 6.07) is 33.2. The topological polar surface area (TPSA) is 3.24 Å². The molecule has 0 N–H and O–H groups in total. The number of allylic oxidation sites excluding steroid dienone is 2. The van der Waals surface area contributed by atoms with Crippen LogP contribution in [-0.2, 0) is 5.16 Å². The van der Waals surface area contributed by atoms with Gasteiger partial charge in [0.1, 0.15) is 0 Å². The Morgan fingerprint density at radius 1 is 0.903 bits per heavy atom. The van der Waals surface area contributed by atoms with Crippen LogP contribution in [0.5, 0.6) is 0 Å². The van der Waals surface area contributed by atoms with Gasteiger partial charge < -0.3 is 0 Å². The van der Waals surface area contributed by atoms with Crippen molar-refractivity contribution in [2.24, 2.45) is 0 Å². The summed E-state index contributed by atoms with van der Waals surface area (Å²) in [5, 5.41) is 2.82. The molecule has 1 aliphatic rings. The van der Waals surface area contributed by atoms with E-state index in [0.29, 0.717) is 0 Å². The predicted molar refractivity (Wildman–Crippen MR) is 140 cm³/mol. The zero-order valence-corrected chi connectivity index (χ0v) is 20.1. The predicted octanol–water partition coefficient (Wildman–Crippen LogP) is 7.53. The summed E-state index contributed by atoms with van der Waals surface area (Å²) in [6.45, 7) is 7.76. The van der Waals surface area contributed by atoms with E-state index < -0.39 is 16.1 Å². The van der Waals surface area contributed by atoms with Crippen LogP contribution >= 0.6 is 16.1 Å². The first kappa shape index (κ1) is 22.2. The Bertz CT molecular complexity index is 948. The highest BCUT2D eigenvalue weighted by Crippen LogP contribution is 2.71. The van der Waals surface area contributed by atoms with Crippen LogP contribution in [0.15, 0.2) is 116 Å². The van der Waals surface area contributed by atoms with E-state index in [9.17, 15) is 0 Å². The lowest BCUT2D eigenvalue weighted by Crippen LogP contribution is -2.31. The fourth-order valence-electron chi connectivity index (χ4n) is 4.27. The molecule has 1 nitrogen and oxygen atoms in total. The second-order valence-corrected chi connectivity index (χ2v) is 12.6. The summed E-state index contributed by atoms with van der Waals surface area (Å²) in [5.74, 6) is 2.50. The van der Waals surface area contributed by atoms with Crippen LogP contribution in [0.2, 0.25) is 0 Å². The first-order chi connectivity index (χ1) is 15.3. The lowest BCUT2D eigenvalue weighted by molar-refractivity contribution is 0.623. The van der Waals surface area contributed by atoms with Crippen LogP contribution in [0, 0.1) is 0 Å². The summed E-state index contributed by atoms with van der Waals surface area (Å²) < 4.78 is 2.84. The zero-order chi connectivity index (χ0) is 21.5. The van der Waals surface area contributed by atoms with Gasteiger partial charge in [-0.2, -0.15) is 0 Å². The molecule has 0 aliphatic carbocycles. The van der Waals surface area contributed by atoms with Gasteiger partial charge in [0, 0.05) is 22.7 Å². The maximum Gasteiger partial charge on any atom is 0.0535 e. The number of unbranched alkanes of at least 4 members (excludes halogenated alkanes) is 1. The van der Waals surface area contributed by atoms with Crippen molar-refractivity contribution >= 4 is 26.8 Å². The Hall–Kier alpha value is -2.04. The molecule has 4 rings (SSSR count). The molecule has 3 aromatic carbocycles. The van der Waals surface area contributed by atoms with Gasteiger partial charge in [0.25, 0.3) is 0 Å². The van der Waals surface area contributed by atoms with Gasteiger partial charge in [-0.15, -0.1) is 6.58 Å². The molecule has 31 heavy (non-hydrogen) atoms. The molecular formula is C28H31NP2. The second-order valence-electron chi connectivity index (χ2n) is 7.86. The summed E-state index contributed by atoms with van der Waals surface area (Å²) in [6.07, 6.45) is 8.05. The Labute approximate surface area is 190 Å². The molecule has 0 radical (unpaired) electrons. The molecule has 3 aromatic rings. The lowest BCUT2D eigenvalue weighted by Gasteiger charge is -2.44. The normalized spacial score (nSPS) is 20.4. The molecule has 0 spiro atoms. The van der Waals surface area contributed by atoms with Crippen LogP contribution in [0.4, 0.5) is 0 Å². The molecule has 1 heterocycles. The van der Waals surface area contributed by atoms with Gasteiger partial charge in [0.05, 0.1) is 5.16 Å². The second kappa shape index (κ2) is 10.5. The molecule has 0 amide bonds. The van der Waals surface area contributed by atoms with Crippen molar-refractivity contribution in [1.29, 1.82) is 0 Å². The average molecular weight is 444 g/mol. The van der Waals surface area contributed by atoms with E-state index in [1.165, 1.54) is 29.0 Å². The zero-order valence-electron chi connectivity index (χ0n) is 18.3. The van der Waals surface area contributed by atoms with E-state index in [-0.39, 0.29) is 5.16 Å². The third-order valence-electron chi connectivity index (χ3n) is 5.89. The van der Waals surface area contributed by atoms with Crippen LogP contribution in [0.1, 0.15) is 31.7 Å². The van der Waals surface area contributed by atoms with E-state index in [2.05, 4.69) is 127 Å². The Balaban J connectivity index is 1.84. The van der Waals surface area contributed by atoms with Crippen molar-refractivity contribution in [2.75, 3.05) is 6.54 Å². The highest BCUT2D eigenvalue weighted by Gasteiger charge is 2.44. The number of benzene rings is 3. The van der Waals surface area contributed by atoms with Crippen LogP contribution in [-0.4, -0.2) is 11.0 Å². The van der Waals surface area contributed by atoms with E-state index in [1.54, 1.807) is 0 Å². The number of hydrogen-bond acceptors (Lipinski definition) is 1. The highest BCUT2D eigenvalue weighted by molar-refractivity contribution is 7.80. The van der Waals surface area contributed by atoms with Crippen LogP contribution < -0.4 is 10.6 Å². The molecule has 2 atom stereocenters. The summed E-state index contributed by atoms with van der Waals surface area (Å²) >= 11 is 0. The maximum atomic E-state index is 4.37. The van der Waals surface area contributed by atoms with Crippen molar-refractivity contribution in [2.45, 2.75) is 31.3 Å². The highest BCUT2D eigenvalue weighted by atomic mass is 31.2. The Morgan fingerprint density at radius 2 is 1.45 bits per heavy atom. The van der Waals surface area contributed by atoms with Crippen molar-refractivity contribution in [3.05, 3.63) is 121 Å². The summed E-state index contributed by atoms with van der Waals surface area (Å²) in [4.78, 5) is 0. The minimum absolute atomic E-state index is 0.0333. The van der Waals surface area contributed by atoms with Gasteiger partial charge in [0.2, 0.25) is 0 Å².